The highest BCUT2D eigenvalue weighted by molar-refractivity contribution is 7.90. The zero-order chi connectivity index (χ0) is 29.7. The molecule has 4 heterocycles. The number of pyridine rings is 2. The van der Waals surface area contributed by atoms with Crippen molar-refractivity contribution in [2.24, 2.45) is 0 Å². The number of nitrogens with zero attached hydrogens (tertiary/aromatic N) is 5. The van der Waals surface area contributed by atoms with E-state index in [0.717, 1.165) is 35.9 Å². The van der Waals surface area contributed by atoms with Crippen molar-refractivity contribution < 1.29 is 27.5 Å². The van der Waals surface area contributed by atoms with Crippen molar-refractivity contribution in [1.29, 1.82) is 0 Å². The first-order valence-electron chi connectivity index (χ1n) is 13.1. The smallest absolute Gasteiger partial charge is 0.298 e. The van der Waals surface area contributed by atoms with Crippen LogP contribution >= 0.6 is 0 Å². The summed E-state index contributed by atoms with van der Waals surface area (Å²) in [5.41, 5.74) is 2.50. The molecule has 0 atom stereocenters. The normalized spacial score (nSPS) is 17.7. The molecule has 3 aliphatic rings. The Bertz CT molecular complexity index is 1640. The minimum atomic E-state index is -3.84. The van der Waals surface area contributed by atoms with Gasteiger partial charge in [0, 0.05) is 67.6 Å². The number of amides is 1. The molecule has 14 heteroatoms. The minimum Gasteiger partial charge on any atom is -0.483 e. The number of rotatable bonds is 6. The topological polar surface area (TPSA) is 148 Å². The van der Waals surface area contributed by atoms with Crippen LogP contribution in [0.5, 0.6) is 0 Å². The molecule has 2 aliphatic heterocycles. The number of likely N-dealkylation sites (N-methyl/N-ethyl adjacent to an activating group) is 2. The summed E-state index contributed by atoms with van der Waals surface area (Å²) < 4.78 is 45.1. The number of hydrogen-bond donors (Lipinski definition) is 3. The van der Waals surface area contributed by atoms with Crippen LogP contribution in [0.2, 0.25) is 0 Å². The summed E-state index contributed by atoms with van der Waals surface area (Å²) in [7, 11) is 3.22. The van der Waals surface area contributed by atoms with Gasteiger partial charge < -0.3 is 19.8 Å². The summed E-state index contributed by atoms with van der Waals surface area (Å²) in [6, 6.07) is 5.04. The number of halogens is 1. The van der Waals surface area contributed by atoms with Gasteiger partial charge in [-0.15, -0.1) is 0 Å². The first-order chi connectivity index (χ1) is 19.5. The van der Waals surface area contributed by atoms with E-state index in [0.29, 0.717) is 36.0 Å². The Morgan fingerprint density at radius 3 is 2.44 bits per heavy atom. The van der Waals surface area contributed by atoms with E-state index >= 15 is 4.39 Å². The van der Waals surface area contributed by atoms with Gasteiger partial charge >= 0.3 is 0 Å². The Balaban J connectivity index is 0.00000108. The number of hydrogen-bond acceptors (Lipinski definition) is 8. The van der Waals surface area contributed by atoms with Crippen molar-refractivity contribution in [3.05, 3.63) is 42.0 Å². The number of nitrogens with one attached hydrogen (secondary N) is 2. The van der Waals surface area contributed by atoms with Crippen LogP contribution in [0.15, 0.2) is 30.6 Å². The number of carboxylic acid groups (broad SMARTS) is 1. The van der Waals surface area contributed by atoms with Crippen molar-refractivity contribution in [1.82, 2.24) is 19.6 Å². The lowest BCUT2D eigenvalue weighted by atomic mass is 9.64. The van der Waals surface area contributed by atoms with Gasteiger partial charge in [-0.2, -0.15) is 8.42 Å². The van der Waals surface area contributed by atoms with Gasteiger partial charge in [0.15, 0.2) is 5.82 Å². The molecule has 1 aliphatic carbocycles. The zero-order valence-corrected chi connectivity index (χ0v) is 24.0. The van der Waals surface area contributed by atoms with Crippen LogP contribution < -0.4 is 19.2 Å². The molecule has 2 aromatic heterocycles. The van der Waals surface area contributed by atoms with E-state index in [4.69, 9.17) is 9.90 Å². The van der Waals surface area contributed by atoms with E-state index in [1.807, 2.05) is 19.0 Å². The van der Waals surface area contributed by atoms with Crippen LogP contribution in [-0.2, 0) is 25.2 Å². The molecule has 2 fully saturated rings. The molecule has 41 heavy (non-hydrogen) atoms. The molecule has 0 unspecified atom stereocenters. The van der Waals surface area contributed by atoms with E-state index < -0.39 is 21.4 Å². The van der Waals surface area contributed by atoms with Crippen LogP contribution in [-0.4, -0.2) is 88.1 Å². The SMILES string of the molecule is CNS(=O)(=O)Nc1cc(-c2cc3c4c(cnc3cc2F)N(C)C(=O)C42CCC2)cnc1N1CC(N(C)C)C1.O=CO. The molecule has 3 aromatic rings. The summed E-state index contributed by atoms with van der Waals surface area (Å²) >= 11 is 0. The number of fused-ring (bicyclic) bond motifs is 4. The zero-order valence-electron chi connectivity index (χ0n) is 23.2. The first kappa shape index (κ1) is 28.6. The third-order valence-electron chi connectivity index (χ3n) is 8.28. The van der Waals surface area contributed by atoms with Crippen molar-refractivity contribution >= 4 is 50.7 Å². The maximum atomic E-state index is 15.5. The lowest BCUT2D eigenvalue weighted by Gasteiger charge is -2.44. The molecule has 3 N–H and O–H groups in total. The third kappa shape index (κ3) is 4.75. The van der Waals surface area contributed by atoms with Crippen LogP contribution in [0.4, 0.5) is 21.6 Å². The van der Waals surface area contributed by atoms with Gasteiger partial charge in [0.05, 0.1) is 28.5 Å². The predicted octanol–water partition coefficient (Wildman–Crippen LogP) is 2.16. The Hall–Kier alpha value is -3.88. The van der Waals surface area contributed by atoms with Gasteiger partial charge in [-0.05, 0) is 39.1 Å². The summed E-state index contributed by atoms with van der Waals surface area (Å²) in [6.07, 6.45) is 5.68. The maximum absolute atomic E-state index is 15.5. The van der Waals surface area contributed by atoms with E-state index in [1.54, 1.807) is 36.5 Å². The first-order valence-corrected chi connectivity index (χ1v) is 14.6. The van der Waals surface area contributed by atoms with Crippen LogP contribution in [0.3, 0.4) is 0 Å². The largest absolute Gasteiger partial charge is 0.483 e. The van der Waals surface area contributed by atoms with E-state index in [1.165, 1.54) is 13.1 Å². The molecule has 6 rings (SSSR count). The third-order valence-corrected chi connectivity index (χ3v) is 9.31. The Morgan fingerprint density at radius 1 is 1.17 bits per heavy atom. The number of anilines is 3. The minimum absolute atomic E-state index is 0.0549. The van der Waals surface area contributed by atoms with E-state index in [-0.39, 0.29) is 23.6 Å². The highest BCUT2D eigenvalue weighted by Gasteiger charge is 2.54. The van der Waals surface area contributed by atoms with Crippen molar-refractivity contribution in [2.45, 2.75) is 30.7 Å². The van der Waals surface area contributed by atoms with Gasteiger partial charge in [-0.1, -0.05) is 6.42 Å². The predicted molar refractivity (Wildman–Crippen MR) is 154 cm³/mol. The molecule has 1 aromatic carbocycles. The Morgan fingerprint density at radius 2 is 1.85 bits per heavy atom. The number of carbonyl (C=O) groups is 2. The van der Waals surface area contributed by atoms with Gasteiger partial charge in [-0.3, -0.25) is 19.3 Å². The average Bonchev–Trinajstić information content (AvgIpc) is 3.10. The van der Waals surface area contributed by atoms with Gasteiger partial charge in [-0.25, -0.2) is 14.1 Å². The number of benzene rings is 1. The highest BCUT2D eigenvalue weighted by atomic mass is 32.2. The second-order valence-corrected chi connectivity index (χ2v) is 12.3. The summed E-state index contributed by atoms with van der Waals surface area (Å²) in [6.45, 7) is 1.14. The highest BCUT2D eigenvalue weighted by Crippen LogP contribution is 2.55. The fourth-order valence-corrected chi connectivity index (χ4v) is 6.34. The van der Waals surface area contributed by atoms with Crippen molar-refractivity contribution in [3.63, 3.8) is 0 Å². The lowest BCUT2D eigenvalue weighted by molar-refractivity contribution is -0.125. The Kier molecular flexibility index (Phi) is 7.34. The quantitative estimate of drug-likeness (QED) is 0.370. The standard InChI is InChI=1S/C26H30FN7O3S.CH2O2/c1-28-38(36,37)31-21-8-15(11-30-24(21)34-13-16(14-34)32(2)3)17-9-18-20(10-19(17)27)29-12-22-23(18)26(6-5-7-26)25(35)33(22)4;2-1-3/h8-12,16,28,31H,5-7,13-14H2,1-4H3;1H,(H,2,3). The molecule has 1 spiro atoms. The molecule has 1 amide bonds. The van der Waals surface area contributed by atoms with E-state index in [2.05, 4.69) is 24.3 Å². The molecular weight excluding hydrogens is 553 g/mol. The second-order valence-electron chi connectivity index (χ2n) is 10.7. The number of carbonyl (C=O) groups excluding carboxylic acids is 1. The fourth-order valence-electron chi connectivity index (χ4n) is 5.80. The molecule has 1 saturated heterocycles. The molecule has 1 saturated carbocycles. The Labute approximate surface area is 237 Å². The monoisotopic (exact) mass is 585 g/mol. The molecule has 12 nitrogen and oxygen atoms in total. The second kappa shape index (κ2) is 10.5. The van der Waals surface area contributed by atoms with Crippen LogP contribution in [0.25, 0.3) is 22.0 Å². The van der Waals surface area contributed by atoms with Crippen LogP contribution in [0.1, 0.15) is 24.8 Å². The maximum Gasteiger partial charge on any atom is 0.298 e. The lowest BCUT2D eigenvalue weighted by Crippen LogP contribution is -2.58. The van der Waals surface area contributed by atoms with Gasteiger partial charge in [0.1, 0.15) is 5.82 Å². The van der Waals surface area contributed by atoms with Crippen molar-refractivity contribution in [2.75, 3.05) is 55.8 Å². The fraction of sp³-hybridized carbons (Fsp3) is 0.407. The summed E-state index contributed by atoms with van der Waals surface area (Å²) in [5.74, 6) is 0.0354. The molecular formula is C27H32FN7O5S. The molecule has 0 radical (unpaired) electrons. The summed E-state index contributed by atoms with van der Waals surface area (Å²) in [4.78, 5) is 36.3. The summed E-state index contributed by atoms with van der Waals surface area (Å²) in [5, 5.41) is 7.62. The van der Waals surface area contributed by atoms with Crippen LogP contribution in [0, 0.1) is 5.82 Å². The number of aromatic nitrogens is 2. The molecule has 218 valence electrons. The van der Waals surface area contributed by atoms with Gasteiger partial charge in [0.2, 0.25) is 5.91 Å². The molecule has 0 bridgehead atoms. The van der Waals surface area contributed by atoms with E-state index in [9.17, 15) is 13.2 Å². The van der Waals surface area contributed by atoms with Crippen molar-refractivity contribution in [3.8, 4) is 11.1 Å². The van der Waals surface area contributed by atoms with Gasteiger partial charge in [0.25, 0.3) is 16.7 Å². The average molecular weight is 586 g/mol.